The zero-order valence-corrected chi connectivity index (χ0v) is 14.0. The number of pyridine rings is 1. The van der Waals surface area contributed by atoms with Crippen LogP contribution in [0.3, 0.4) is 0 Å². The molecule has 2 N–H and O–H groups in total. The molecular weight excluding hydrogens is 302 g/mol. The SMILES string of the molecule is CO[C@@H]1CN[C@@H](C(=O)NC(C)c2ccc(-c3ccncc3)cc2)C1. The largest absolute Gasteiger partial charge is 0.380 e. The summed E-state index contributed by atoms with van der Waals surface area (Å²) < 4.78 is 5.29. The molecule has 2 heterocycles. The Hall–Kier alpha value is -2.24. The highest BCUT2D eigenvalue weighted by atomic mass is 16.5. The second kappa shape index (κ2) is 7.55. The Kier molecular flexibility index (Phi) is 5.23. The number of hydrogen-bond acceptors (Lipinski definition) is 4. The van der Waals surface area contributed by atoms with Gasteiger partial charge < -0.3 is 15.4 Å². The molecule has 1 aliphatic rings. The molecule has 3 atom stereocenters. The molecule has 126 valence electrons. The molecule has 5 nitrogen and oxygen atoms in total. The summed E-state index contributed by atoms with van der Waals surface area (Å²) in [4.78, 5) is 16.4. The van der Waals surface area contributed by atoms with E-state index < -0.39 is 0 Å². The summed E-state index contributed by atoms with van der Waals surface area (Å²) >= 11 is 0. The maximum atomic E-state index is 12.3. The smallest absolute Gasteiger partial charge is 0.237 e. The van der Waals surface area contributed by atoms with Crippen LogP contribution in [0.15, 0.2) is 48.8 Å². The number of carbonyl (C=O) groups is 1. The number of amides is 1. The Morgan fingerprint density at radius 3 is 2.50 bits per heavy atom. The summed E-state index contributed by atoms with van der Waals surface area (Å²) in [6, 6.07) is 12.0. The Balaban J connectivity index is 1.61. The van der Waals surface area contributed by atoms with Gasteiger partial charge in [-0.25, -0.2) is 0 Å². The van der Waals surface area contributed by atoms with Crippen molar-refractivity contribution >= 4 is 5.91 Å². The lowest BCUT2D eigenvalue weighted by molar-refractivity contribution is -0.123. The van der Waals surface area contributed by atoms with Crippen molar-refractivity contribution in [2.45, 2.75) is 31.5 Å². The number of nitrogens with one attached hydrogen (secondary N) is 2. The molecule has 1 aromatic carbocycles. The topological polar surface area (TPSA) is 63.2 Å². The van der Waals surface area contributed by atoms with Gasteiger partial charge in [0.2, 0.25) is 5.91 Å². The van der Waals surface area contributed by atoms with E-state index in [-0.39, 0.29) is 24.1 Å². The van der Waals surface area contributed by atoms with Crippen molar-refractivity contribution < 1.29 is 9.53 Å². The van der Waals surface area contributed by atoms with Crippen molar-refractivity contribution in [2.24, 2.45) is 0 Å². The van der Waals surface area contributed by atoms with Crippen LogP contribution in [0.1, 0.15) is 24.9 Å². The summed E-state index contributed by atoms with van der Waals surface area (Å²) in [6.45, 7) is 2.73. The van der Waals surface area contributed by atoms with Gasteiger partial charge in [0.1, 0.15) is 0 Å². The van der Waals surface area contributed by atoms with Gasteiger partial charge in [0.25, 0.3) is 0 Å². The molecule has 0 bridgehead atoms. The molecule has 2 aromatic rings. The van der Waals surface area contributed by atoms with Crippen LogP contribution in [-0.2, 0) is 9.53 Å². The highest BCUT2D eigenvalue weighted by Gasteiger charge is 2.29. The van der Waals surface area contributed by atoms with E-state index in [9.17, 15) is 4.79 Å². The quantitative estimate of drug-likeness (QED) is 0.885. The number of nitrogens with zero attached hydrogens (tertiary/aromatic N) is 1. The number of methoxy groups -OCH3 is 1. The fraction of sp³-hybridized carbons (Fsp3) is 0.368. The first kappa shape index (κ1) is 16.6. The molecule has 1 saturated heterocycles. The molecule has 1 aromatic heterocycles. The monoisotopic (exact) mass is 325 g/mol. The van der Waals surface area contributed by atoms with Gasteiger partial charge in [-0.15, -0.1) is 0 Å². The van der Waals surface area contributed by atoms with E-state index in [1.54, 1.807) is 19.5 Å². The summed E-state index contributed by atoms with van der Waals surface area (Å²) in [5, 5.41) is 6.28. The normalized spacial score (nSPS) is 21.4. The molecule has 5 heteroatoms. The third-order valence-electron chi connectivity index (χ3n) is 4.52. The third-order valence-corrected chi connectivity index (χ3v) is 4.52. The van der Waals surface area contributed by atoms with E-state index in [1.807, 2.05) is 19.1 Å². The van der Waals surface area contributed by atoms with Gasteiger partial charge in [0.15, 0.2) is 0 Å². The van der Waals surface area contributed by atoms with Crippen LogP contribution in [0.25, 0.3) is 11.1 Å². The average molecular weight is 325 g/mol. The van der Waals surface area contributed by atoms with E-state index in [0.717, 1.165) is 29.7 Å². The summed E-state index contributed by atoms with van der Waals surface area (Å²) in [5.41, 5.74) is 3.36. The fourth-order valence-electron chi connectivity index (χ4n) is 2.99. The van der Waals surface area contributed by atoms with Crippen LogP contribution in [0, 0.1) is 0 Å². The predicted molar refractivity (Wildman–Crippen MR) is 93.4 cm³/mol. The van der Waals surface area contributed by atoms with E-state index in [2.05, 4.69) is 39.9 Å². The molecule has 1 amide bonds. The lowest BCUT2D eigenvalue weighted by Gasteiger charge is -2.18. The molecule has 0 radical (unpaired) electrons. The molecule has 1 fully saturated rings. The van der Waals surface area contributed by atoms with E-state index in [0.29, 0.717) is 0 Å². The maximum absolute atomic E-state index is 12.3. The summed E-state index contributed by atoms with van der Waals surface area (Å²) in [6.07, 6.45) is 4.41. The number of benzene rings is 1. The second-order valence-corrected chi connectivity index (χ2v) is 6.14. The number of hydrogen-bond donors (Lipinski definition) is 2. The standard InChI is InChI=1S/C19H23N3O2/c1-13(22-19(23)18-11-17(24-2)12-21-18)14-3-5-15(6-4-14)16-7-9-20-10-8-16/h3-10,13,17-18,21H,11-12H2,1-2H3,(H,22,23)/t13?,17-,18+/m0/s1. The minimum atomic E-state index is -0.173. The molecular formula is C19H23N3O2. The molecule has 3 rings (SSSR count). The van der Waals surface area contributed by atoms with Crippen molar-refractivity contribution in [1.29, 1.82) is 0 Å². The number of rotatable bonds is 5. The summed E-state index contributed by atoms with van der Waals surface area (Å²) in [7, 11) is 1.68. The Bertz CT molecular complexity index is 673. The fourth-order valence-corrected chi connectivity index (χ4v) is 2.99. The van der Waals surface area contributed by atoms with Crippen molar-refractivity contribution in [2.75, 3.05) is 13.7 Å². The Morgan fingerprint density at radius 2 is 1.88 bits per heavy atom. The van der Waals surface area contributed by atoms with Gasteiger partial charge >= 0.3 is 0 Å². The molecule has 1 unspecified atom stereocenters. The van der Waals surface area contributed by atoms with Gasteiger partial charge in [-0.3, -0.25) is 9.78 Å². The van der Waals surface area contributed by atoms with E-state index in [4.69, 9.17) is 4.74 Å². The van der Waals surface area contributed by atoms with Crippen LogP contribution >= 0.6 is 0 Å². The van der Waals surface area contributed by atoms with E-state index >= 15 is 0 Å². The highest BCUT2D eigenvalue weighted by Crippen LogP contribution is 2.21. The van der Waals surface area contributed by atoms with Crippen molar-refractivity contribution in [3.05, 3.63) is 54.4 Å². The van der Waals surface area contributed by atoms with Gasteiger partial charge in [-0.1, -0.05) is 24.3 Å². The van der Waals surface area contributed by atoms with E-state index in [1.165, 1.54) is 0 Å². The van der Waals surface area contributed by atoms with Gasteiger partial charge in [0.05, 0.1) is 18.2 Å². The average Bonchev–Trinajstić information content (AvgIpc) is 3.12. The molecule has 1 aliphatic heterocycles. The molecule has 0 aliphatic carbocycles. The molecule has 0 saturated carbocycles. The van der Waals surface area contributed by atoms with Gasteiger partial charge in [-0.05, 0) is 42.2 Å². The number of ether oxygens (including phenoxy) is 1. The lowest BCUT2D eigenvalue weighted by atomic mass is 10.0. The number of carbonyl (C=O) groups excluding carboxylic acids is 1. The summed E-state index contributed by atoms with van der Waals surface area (Å²) in [5.74, 6) is 0.0280. The van der Waals surface area contributed by atoms with Crippen molar-refractivity contribution in [1.82, 2.24) is 15.6 Å². The molecule has 24 heavy (non-hydrogen) atoms. The second-order valence-electron chi connectivity index (χ2n) is 6.14. The van der Waals surface area contributed by atoms with Gasteiger partial charge in [-0.2, -0.15) is 0 Å². The minimum Gasteiger partial charge on any atom is -0.380 e. The zero-order chi connectivity index (χ0) is 16.9. The van der Waals surface area contributed by atoms with Crippen LogP contribution in [0.4, 0.5) is 0 Å². The highest BCUT2D eigenvalue weighted by molar-refractivity contribution is 5.82. The Morgan fingerprint density at radius 1 is 1.21 bits per heavy atom. The first-order valence-electron chi connectivity index (χ1n) is 8.24. The predicted octanol–water partition coefficient (Wildman–Crippen LogP) is 2.30. The van der Waals surface area contributed by atoms with Crippen LogP contribution in [-0.4, -0.2) is 36.7 Å². The van der Waals surface area contributed by atoms with Crippen molar-refractivity contribution in [3.8, 4) is 11.1 Å². The molecule has 0 spiro atoms. The zero-order valence-electron chi connectivity index (χ0n) is 14.0. The minimum absolute atomic E-state index is 0.0280. The van der Waals surface area contributed by atoms with Crippen LogP contribution < -0.4 is 10.6 Å². The first-order valence-corrected chi connectivity index (χ1v) is 8.24. The van der Waals surface area contributed by atoms with Crippen molar-refractivity contribution in [3.63, 3.8) is 0 Å². The number of aromatic nitrogens is 1. The maximum Gasteiger partial charge on any atom is 0.237 e. The van der Waals surface area contributed by atoms with Gasteiger partial charge in [0, 0.05) is 26.0 Å². The first-order chi connectivity index (χ1) is 11.7. The van der Waals surface area contributed by atoms with Crippen LogP contribution in [0.5, 0.6) is 0 Å². The lowest BCUT2D eigenvalue weighted by Crippen LogP contribution is -2.41. The van der Waals surface area contributed by atoms with Crippen LogP contribution in [0.2, 0.25) is 0 Å². The Labute approximate surface area is 142 Å². The third kappa shape index (κ3) is 3.80.